The van der Waals surface area contributed by atoms with Crippen molar-refractivity contribution >= 4 is 10.0 Å². The predicted octanol–water partition coefficient (Wildman–Crippen LogP) is 2.13. The summed E-state index contributed by atoms with van der Waals surface area (Å²) in [4.78, 5) is 0.266. The molecule has 0 atom stereocenters. The minimum Gasteiger partial charge on any atom is -0.496 e. The lowest BCUT2D eigenvalue weighted by Gasteiger charge is -2.18. The van der Waals surface area contributed by atoms with E-state index in [1.807, 2.05) is 7.05 Å². The van der Waals surface area contributed by atoms with E-state index in [1.165, 1.54) is 0 Å². The average molecular weight is 314 g/mol. The van der Waals surface area contributed by atoms with Crippen molar-refractivity contribution in [2.24, 2.45) is 5.41 Å². The van der Waals surface area contributed by atoms with Gasteiger partial charge in [0.1, 0.15) is 5.75 Å². The molecule has 0 bridgehead atoms. The van der Waals surface area contributed by atoms with Crippen LogP contribution >= 0.6 is 0 Å². The topological polar surface area (TPSA) is 67.4 Å². The number of ether oxygens (including phenoxy) is 1. The fourth-order valence-electron chi connectivity index (χ4n) is 1.89. The molecular formula is C15H26N2O3S. The Labute approximate surface area is 128 Å². The second kappa shape index (κ2) is 7.24. The van der Waals surface area contributed by atoms with E-state index in [-0.39, 0.29) is 10.3 Å². The van der Waals surface area contributed by atoms with Gasteiger partial charge in [-0.25, -0.2) is 13.1 Å². The zero-order chi connectivity index (χ0) is 16.1. The van der Waals surface area contributed by atoms with Crippen LogP contribution in [0.3, 0.4) is 0 Å². The SMILES string of the molecule is CNCc1cc(S(=O)(=O)NCCC(C)(C)C)ccc1OC. The number of sulfonamides is 1. The molecule has 1 rings (SSSR count). The standard InChI is InChI=1S/C15H26N2O3S/c1-15(2,3)8-9-17-21(18,19)13-6-7-14(20-5)12(10-13)11-16-4/h6-7,10,16-17H,8-9,11H2,1-5H3. The highest BCUT2D eigenvalue weighted by atomic mass is 32.2. The highest BCUT2D eigenvalue weighted by Crippen LogP contribution is 2.23. The first-order valence-electron chi connectivity index (χ1n) is 7.01. The smallest absolute Gasteiger partial charge is 0.240 e. The summed E-state index contributed by atoms with van der Waals surface area (Å²) >= 11 is 0. The molecule has 120 valence electrons. The molecule has 6 heteroatoms. The molecule has 0 spiro atoms. The molecular weight excluding hydrogens is 288 g/mol. The van der Waals surface area contributed by atoms with Gasteiger partial charge < -0.3 is 10.1 Å². The molecule has 0 saturated carbocycles. The van der Waals surface area contributed by atoms with E-state index in [0.29, 0.717) is 18.8 Å². The van der Waals surface area contributed by atoms with Crippen molar-refractivity contribution in [2.75, 3.05) is 20.7 Å². The Morgan fingerprint density at radius 3 is 2.43 bits per heavy atom. The first kappa shape index (κ1) is 17.9. The third-order valence-corrected chi connectivity index (χ3v) is 4.56. The zero-order valence-corrected chi connectivity index (χ0v) is 14.3. The summed E-state index contributed by atoms with van der Waals surface area (Å²) in [5.74, 6) is 0.679. The van der Waals surface area contributed by atoms with E-state index < -0.39 is 10.0 Å². The lowest BCUT2D eigenvalue weighted by atomic mass is 9.93. The van der Waals surface area contributed by atoms with Crippen LogP contribution in [0.2, 0.25) is 0 Å². The highest BCUT2D eigenvalue weighted by Gasteiger charge is 2.17. The number of hydrogen-bond donors (Lipinski definition) is 2. The summed E-state index contributed by atoms with van der Waals surface area (Å²) in [6.45, 7) is 7.23. The predicted molar refractivity (Wildman–Crippen MR) is 85.0 cm³/mol. The van der Waals surface area contributed by atoms with E-state index in [1.54, 1.807) is 25.3 Å². The summed E-state index contributed by atoms with van der Waals surface area (Å²) in [6, 6.07) is 4.90. The Bertz CT molecular complexity index is 563. The number of methoxy groups -OCH3 is 1. The van der Waals surface area contributed by atoms with Crippen molar-refractivity contribution in [3.8, 4) is 5.75 Å². The first-order valence-corrected chi connectivity index (χ1v) is 8.49. The third-order valence-electron chi connectivity index (χ3n) is 3.10. The van der Waals surface area contributed by atoms with E-state index >= 15 is 0 Å². The van der Waals surface area contributed by atoms with Crippen molar-refractivity contribution in [3.05, 3.63) is 23.8 Å². The molecule has 5 nitrogen and oxygen atoms in total. The van der Waals surface area contributed by atoms with Crippen LogP contribution in [0.25, 0.3) is 0 Å². The van der Waals surface area contributed by atoms with Gasteiger partial charge in [-0.3, -0.25) is 0 Å². The van der Waals surface area contributed by atoms with E-state index in [4.69, 9.17) is 4.74 Å². The fraction of sp³-hybridized carbons (Fsp3) is 0.600. The molecule has 1 aromatic rings. The summed E-state index contributed by atoms with van der Waals surface area (Å²) in [5.41, 5.74) is 0.915. The monoisotopic (exact) mass is 314 g/mol. The molecule has 0 aromatic heterocycles. The van der Waals surface area contributed by atoms with Crippen molar-refractivity contribution < 1.29 is 13.2 Å². The van der Waals surface area contributed by atoms with Gasteiger partial charge in [-0.05, 0) is 37.1 Å². The molecule has 0 saturated heterocycles. The average Bonchev–Trinajstić information content (AvgIpc) is 2.37. The summed E-state index contributed by atoms with van der Waals surface area (Å²) in [7, 11) is -0.100. The highest BCUT2D eigenvalue weighted by molar-refractivity contribution is 7.89. The quantitative estimate of drug-likeness (QED) is 0.809. The maximum atomic E-state index is 12.3. The van der Waals surface area contributed by atoms with Crippen LogP contribution in [0, 0.1) is 5.41 Å². The summed E-state index contributed by atoms with van der Waals surface area (Å²) in [6.07, 6.45) is 0.783. The Balaban J connectivity index is 2.90. The molecule has 0 amide bonds. The van der Waals surface area contributed by atoms with Gasteiger partial charge >= 0.3 is 0 Å². The van der Waals surface area contributed by atoms with E-state index in [0.717, 1.165) is 12.0 Å². The lowest BCUT2D eigenvalue weighted by Crippen LogP contribution is -2.27. The molecule has 0 radical (unpaired) electrons. The maximum absolute atomic E-state index is 12.3. The van der Waals surface area contributed by atoms with Gasteiger partial charge in [0.05, 0.1) is 12.0 Å². The molecule has 0 fully saturated rings. The van der Waals surface area contributed by atoms with E-state index in [9.17, 15) is 8.42 Å². The van der Waals surface area contributed by atoms with Crippen LogP contribution in [0.15, 0.2) is 23.1 Å². The molecule has 0 unspecified atom stereocenters. The lowest BCUT2D eigenvalue weighted by molar-refractivity contribution is 0.378. The Morgan fingerprint density at radius 2 is 1.90 bits per heavy atom. The summed E-state index contributed by atoms with van der Waals surface area (Å²) in [5, 5.41) is 3.01. The minimum absolute atomic E-state index is 0.0969. The fourth-order valence-corrected chi connectivity index (χ4v) is 2.98. The molecule has 0 aliphatic rings. The number of benzene rings is 1. The molecule has 0 aliphatic carbocycles. The summed E-state index contributed by atoms with van der Waals surface area (Å²) < 4.78 is 32.5. The Morgan fingerprint density at radius 1 is 1.24 bits per heavy atom. The second-order valence-corrected chi connectivity index (χ2v) is 7.98. The van der Waals surface area contributed by atoms with Crippen molar-refractivity contribution in [3.63, 3.8) is 0 Å². The van der Waals surface area contributed by atoms with Gasteiger partial charge in [0.25, 0.3) is 0 Å². The van der Waals surface area contributed by atoms with Gasteiger partial charge in [0, 0.05) is 18.7 Å². The van der Waals surface area contributed by atoms with Gasteiger partial charge in [-0.1, -0.05) is 20.8 Å². The zero-order valence-electron chi connectivity index (χ0n) is 13.5. The van der Waals surface area contributed by atoms with Crippen LogP contribution in [0.1, 0.15) is 32.8 Å². The van der Waals surface area contributed by atoms with Crippen LogP contribution in [-0.2, 0) is 16.6 Å². The van der Waals surface area contributed by atoms with Gasteiger partial charge in [-0.15, -0.1) is 0 Å². The van der Waals surface area contributed by atoms with Crippen molar-refractivity contribution in [2.45, 2.75) is 38.6 Å². The number of nitrogens with one attached hydrogen (secondary N) is 2. The minimum atomic E-state index is -3.48. The number of hydrogen-bond acceptors (Lipinski definition) is 4. The number of rotatable bonds is 7. The molecule has 2 N–H and O–H groups in total. The van der Waals surface area contributed by atoms with Gasteiger partial charge in [-0.2, -0.15) is 0 Å². The van der Waals surface area contributed by atoms with Crippen molar-refractivity contribution in [1.29, 1.82) is 0 Å². The van der Waals surface area contributed by atoms with Crippen LogP contribution < -0.4 is 14.8 Å². The molecule has 0 heterocycles. The molecule has 0 aliphatic heterocycles. The third kappa shape index (κ3) is 5.65. The van der Waals surface area contributed by atoms with Gasteiger partial charge in [0.2, 0.25) is 10.0 Å². The largest absolute Gasteiger partial charge is 0.496 e. The molecule has 1 aromatic carbocycles. The second-order valence-electron chi connectivity index (χ2n) is 6.21. The first-order chi connectivity index (χ1) is 9.69. The van der Waals surface area contributed by atoms with E-state index in [2.05, 4.69) is 30.8 Å². The van der Waals surface area contributed by atoms with Crippen LogP contribution in [0.4, 0.5) is 0 Å². The van der Waals surface area contributed by atoms with Crippen molar-refractivity contribution in [1.82, 2.24) is 10.0 Å². The normalized spacial score (nSPS) is 12.4. The van der Waals surface area contributed by atoms with Gasteiger partial charge in [0.15, 0.2) is 0 Å². The Hall–Kier alpha value is -1.11. The molecule has 21 heavy (non-hydrogen) atoms. The van der Waals surface area contributed by atoms with Crippen LogP contribution in [-0.4, -0.2) is 29.1 Å². The maximum Gasteiger partial charge on any atom is 0.240 e. The Kier molecular flexibility index (Phi) is 6.19. The van der Waals surface area contributed by atoms with Crippen LogP contribution in [0.5, 0.6) is 5.75 Å².